The monoisotopic (exact) mass is 227 g/mol. The van der Waals surface area contributed by atoms with Crippen molar-refractivity contribution in [3.05, 3.63) is 47.9 Å². The van der Waals surface area contributed by atoms with Crippen LogP contribution in [-0.2, 0) is 6.54 Å². The average molecular weight is 227 g/mol. The largest absolute Gasteiger partial charge is 0.467 e. The second-order valence-corrected chi connectivity index (χ2v) is 3.82. The molecule has 0 atom stereocenters. The van der Waals surface area contributed by atoms with Crippen LogP contribution in [0.5, 0.6) is 0 Å². The maximum absolute atomic E-state index is 8.80. The summed E-state index contributed by atoms with van der Waals surface area (Å²) in [7, 11) is 1.95. The van der Waals surface area contributed by atoms with Gasteiger partial charge in [0.2, 0.25) is 0 Å². The quantitative estimate of drug-likeness (QED) is 0.817. The molecule has 0 unspecified atom stereocenters. The first kappa shape index (κ1) is 11.1. The van der Waals surface area contributed by atoms with Crippen molar-refractivity contribution < 1.29 is 4.42 Å². The van der Waals surface area contributed by atoms with E-state index in [1.54, 1.807) is 18.4 Å². The molecular formula is C13H13N3O. The molecule has 17 heavy (non-hydrogen) atoms. The molecule has 0 saturated carbocycles. The molecule has 1 heterocycles. The number of benzene rings is 1. The first-order valence-electron chi connectivity index (χ1n) is 5.24. The molecule has 86 valence electrons. The van der Waals surface area contributed by atoms with Gasteiger partial charge in [0.15, 0.2) is 0 Å². The number of nitrogens with two attached hydrogens (primary N) is 1. The van der Waals surface area contributed by atoms with Crippen LogP contribution in [0.15, 0.2) is 41.0 Å². The molecule has 0 fully saturated rings. The molecule has 0 saturated heterocycles. The van der Waals surface area contributed by atoms with Crippen LogP contribution in [0, 0.1) is 11.3 Å². The highest BCUT2D eigenvalue weighted by atomic mass is 16.3. The average Bonchev–Trinajstić information content (AvgIpc) is 2.81. The second-order valence-electron chi connectivity index (χ2n) is 3.82. The van der Waals surface area contributed by atoms with Gasteiger partial charge in [0.1, 0.15) is 11.8 Å². The van der Waals surface area contributed by atoms with Gasteiger partial charge in [0.25, 0.3) is 0 Å². The summed E-state index contributed by atoms with van der Waals surface area (Å²) in [5, 5.41) is 8.80. The maximum Gasteiger partial charge on any atom is 0.123 e. The van der Waals surface area contributed by atoms with Crippen LogP contribution in [0.2, 0.25) is 0 Å². The number of anilines is 2. The Balaban J connectivity index is 2.17. The lowest BCUT2D eigenvalue weighted by molar-refractivity contribution is 0.507. The van der Waals surface area contributed by atoms with Crippen molar-refractivity contribution in [3.8, 4) is 6.07 Å². The summed E-state index contributed by atoms with van der Waals surface area (Å²) in [4.78, 5) is 2.01. The molecule has 2 rings (SSSR count). The zero-order valence-corrected chi connectivity index (χ0v) is 9.55. The van der Waals surface area contributed by atoms with Crippen LogP contribution in [0.4, 0.5) is 11.4 Å². The molecule has 0 amide bonds. The maximum atomic E-state index is 8.80. The van der Waals surface area contributed by atoms with Crippen molar-refractivity contribution in [1.29, 1.82) is 5.26 Å². The number of furan rings is 1. The molecule has 0 radical (unpaired) electrons. The van der Waals surface area contributed by atoms with Crippen LogP contribution in [0.3, 0.4) is 0 Å². The van der Waals surface area contributed by atoms with Gasteiger partial charge in [-0.25, -0.2) is 0 Å². The van der Waals surface area contributed by atoms with Crippen molar-refractivity contribution in [2.45, 2.75) is 6.54 Å². The highest BCUT2D eigenvalue weighted by molar-refractivity contribution is 5.63. The molecule has 0 aliphatic carbocycles. The van der Waals surface area contributed by atoms with E-state index < -0.39 is 0 Å². The number of nitrogens with zero attached hydrogens (tertiary/aromatic N) is 2. The number of rotatable bonds is 3. The molecule has 0 spiro atoms. The van der Waals surface area contributed by atoms with Crippen LogP contribution in [0.25, 0.3) is 0 Å². The molecule has 4 heteroatoms. The van der Waals surface area contributed by atoms with Crippen LogP contribution < -0.4 is 10.6 Å². The van der Waals surface area contributed by atoms with E-state index in [1.165, 1.54) is 0 Å². The summed E-state index contributed by atoms with van der Waals surface area (Å²) in [5.74, 6) is 0.885. The molecule has 1 aromatic heterocycles. The first-order valence-corrected chi connectivity index (χ1v) is 5.24. The Bertz CT molecular complexity index is 540. The van der Waals surface area contributed by atoms with Gasteiger partial charge in [-0.05, 0) is 30.3 Å². The third-order valence-corrected chi connectivity index (χ3v) is 2.57. The Kier molecular flexibility index (Phi) is 3.01. The zero-order valence-electron chi connectivity index (χ0n) is 9.55. The fraction of sp³-hybridized carbons (Fsp3) is 0.154. The van der Waals surface area contributed by atoms with E-state index in [-0.39, 0.29) is 0 Å². The van der Waals surface area contributed by atoms with Crippen molar-refractivity contribution >= 4 is 11.4 Å². The first-order chi connectivity index (χ1) is 8.20. The predicted molar refractivity (Wildman–Crippen MR) is 66.4 cm³/mol. The van der Waals surface area contributed by atoms with Gasteiger partial charge in [0, 0.05) is 12.7 Å². The van der Waals surface area contributed by atoms with Crippen LogP contribution >= 0.6 is 0 Å². The summed E-state index contributed by atoms with van der Waals surface area (Å²) < 4.78 is 5.28. The molecule has 0 aliphatic heterocycles. The minimum Gasteiger partial charge on any atom is -0.467 e. The van der Waals surface area contributed by atoms with Gasteiger partial charge in [0.05, 0.1) is 24.1 Å². The predicted octanol–water partition coefficient (Wildman–Crippen LogP) is 2.37. The van der Waals surface area contributed by atoms with Gasteiger partial charge >= 0.3 is 0 Å². The highest BCUT2D eigenvalue weighted by Gasteiger charge is 2.06. The lowest BCUT2D eigenvalue weighted by Crippen LogP contribution is -2.16. The van der Waals surface area contributed by atoms with Crippen molar-refractivity contribution in [2.75, 3.05) is 17.7 Å². The number of nitriles is 1. The van der Waals surface area contributed by atoms with E-state index in [4.69, 9.17) is 15.4 Å². The minimum absolute atomic E-state index is 0.497. The Hall–Kier alpha value is -2.41. The molecule has 1 aromatic carbocycles. The fourth-order valence-electron chi connectivity index (χ4n) is 1.62. The van der Waals surface area contributed by atoms with Crippen molar-refractivity contribution in [1.82, 2.24) is 0 Å². The number of hydrogen-bond acceptors (Lipinski definition) is 4. The van der Waals surface area contributed by atoms with Gasteiger partial charge in [-0.15, -0.1) is 0 Å². The van der Waals surface area contributed by atoms with E-state index in [1.807, 2.05) is 36.2 Å². The highest BCUT2D eigenvalue weighted by Crippen LogP contribution is 2.21. The minimum atomic E-state index is 0.497. The summed E-state index contributed by atoms with van der Waals surface area (Å²) in [6, 6.07) is 11.2. The molecule has 4 nitrogen and oxygen atoms in total. The van der Waals surface area contributed by atoms with Crippen LogP contribution in [0.1, 0.15) is 11.3 Å². The summed E-state index contributed by atoms with van der Waals surface area (Å²) >= 11 is 0. The van der Waals surface area contributed by atoms with E-state index in [9.17, 15) is 0 Å². The summed E-state index contributed by atoms with van der Waals surface area (Å²) in [5.41, 5.74) is 7.72. The van der Waals surface area contributed by atoms with Crippen molar-refractivity contribution in [3.63, 3.8) is 0 Å². The third-order valence-electron chi connectivity index (χ3n) is 2.57. The standard InChI is InChI=1S/C13H13N3O/c1-16(9-12-3-2-6-17-12)11-5-4-10(8-14)13(15)7-11/h2-7H,9,15H2,1H3. The van der Waals surface area contributed by atoms with Crippen molar-refractivity contribution in [2.24, 2.45) is 0 Å². The Morgan fingerprint density at radius 1 is 1.41 bits per heavy atom. The van der Waals surface area contributed by atoms with Gasteiger partial charge in [-0.2, -0.15) is 5.26 Å². The smallest absolute Gasteiger partial charge is 0.123 e. The molecule has 2 aromatic rings. The Morgan fingerprint density at radius 2 is 2.24 bits per heavy atom. The normalized spacial score (nSPS) is 9.88. The van der Waals surface area contributed by atoms with Gasteiger partial charge in [-0.3, -0.25) is 0 Å². The lowest BCUT2D eigenvalue weighted by atomic mass is 10.1. The van der Waals surface area contributed by atoms with E-state index in [0.717, 1.165) is 11.4 Å². The summed E-state index contributed by atoms with van der Waals surface area (Å²) in [6.07, 6.45) is 1.65. The molecule has 0 bridgehead atoms. The summed E-state index contributed by atoms with van der Waals surface area (Å²) in [6.45, 7) is 0.665. The van der Waals surface area contributed by atoms with Crippen LogP contribution in [-0.4, -0.2) is 7.05 Å². The van der Waals surface area contributed by atoms with E-state index in [0.29, 0.717) is 17.8 Å². The number of nitrogen functional groups attached to an aromatic ring is 1. The second kappa shape index (κ2) is 4.62. The Labute approximate surface area is 99.9 Å². The molecular weight excluding hydrogens is 214 g/mol. The topological polar surface area (TPSA) is 66.2 Å². The van der Waals surface area contributed by atoms with Gasteiger partial charge in [-0.1, -0.05) is 0 Å². The Morgan fingerprint density at radius 3 is 2.82 bits per heavy atom. The van der Waals surface area contributed by atoms with E-state index >= 15 is 0 Å². The lowest BCUT2D eigenvalue weighted by Gasteiger charge is -2.18. The van der Waals surface area contributed by atoms with E-state index in [2.05, 4.69) is 0 Å². The van der Waals surface area contributed by atoms with Gasteiger partial charge < -0.3 is 15.1 Å². The fourth-order valence-corrected chi connectivity index (χ4v) is 1.62. The molecule has 2 N–H and O–H groups in total. The third kappa shape index (κ3) is 2.40. The molecule has 0 aliphatic rings. The zero-order chi connectivity index (χ0) is 12.3. The SMILES string of the molecule is CN(Cc1ccco1)c1ccc(C#N)c(N)c1. The number of hydrogen-bond donors (Lipinski definition) is 1.